The van der Waals surface area contributed by atoms with Gasteiger partial charge in [-0.15, -0.1) is 0 Å². The minimum absolute atomic E-state index is 0.0222. The van der Waals surface area contributed by atoms with Crippen LogP contribution >= 0.6 is 11.6 Å². The minimum atomic E-state index is -4.76. The van der Waals surface area contributed by atoms with E-state index in [-0.39, 0.29) is 103 Å². The van der Waals surface area contributed by atoms with Crippen LogP contribution < -0.4 is 16.0 Å². The minimum Gasteiger partial charge on any atom is -0.378 e. The Hall–Kier alpha value is -7.10. The predicted molar refractivity (Wildman–Crippen MR) is 368 cm³/mol. The first-order chi connectivity index (χ1) is 47.8. The molecule has 4 saturated heterocycles. The molecular formula is C72H108ClF3N12O13. The summed E-state index contributed by atoms with van der Waals surface area (Å²) in [5, 5.41) is 8.24. The molecular weight excluding hydrogens is 1330 g/mol. The highest BCUT2D eigenvalue weighted by molar-refractivity contribution is 6.31. The van der Waals surface area contributed by atoms with Crippen molar-refractivity contribution in [2.45, 2.75) is 236 Å². The van der Waals surface area contributed by atoms with Gasteiger partial charge in [0.25, 0.3) is 0 Å². The number of hydrogen-bond donors (Lipinski definition) is 3. The normalized spacial score (nSPS) is 28.5. The van der Waals surface area contributed by atoms with Gasteiger partial charge in [-0.3, -0.25) is 57.5 Å². The molecule has 25 nitrogen and oxygen atoms in total. The van der Waals surface area contributed by atoms with Gasteiger partial charge in [0, 0.05) is 68.0 Å². The molecule has 4 heterocycles. The maximum absolute atomic E-state index is 15.8. The average molecular weight is 1440 g/mol. The summed E-state index contributed by atoms with van der Waals surface area (Å²) >= 11 is 6.16. The molecule has 1 aromatic rings. The lowest BCUT2D eigenvalue weighted by molar-refractivity contribution is -0.161. The van der Waals surface area contributed by atoms with E-state index in [0.717, 1.165) is 42.7 Å². The zero-order valence-corrected chi connectivity index (χ0v) is 61.6. The molecule has 3 aliphatic carbocycles. The van der Waals surface area contributed by atoms with Gasteiger partial charge in [-0.05, 0) is 132 Å². The first-order valence-electron chi connectivity index (χ1n) is 36.6. The van der Waals surface area contributed by atoms with Gasteiger partial charge >= 0.3 is 6.18 Å². The first kappa shape index (κ1) is 79.6. The fourth-order valence-corrected chi connectivity index (χ4v) is 16.6. The van der Waals surface area contributed by atoms with Crippen molar-refractivity contribution in [1.29, 1.82) is 0 Å². The van der Waals surface area contributed by atoms with Gasteiger partial charge in [0.15, 0.2) is 0 Å². The Morgan fingerprint density at radius 2 is 1.27 bits per heavy atom. The quantitative estimate of drug-likeness (QED) is 0.263. The van der Waals surface area contributed by atoms with E-state index in [9.17, 15) is 37.1 Å². The number of ether oxygens (including phenoxy) is 1. The van der Waals surface area contributed by atoms with E-state index in [0.29, 0.717) is 56.9 Å². The maximum atomic E-state index is 15.8. The zero-order chi connectivity index (χ0) is 74.1. The van der Waals surface area contributed by atoms with Gasteiger partial charge < -0.3 is 64.8 Å². The number of halogens is 4. The van der Waals surface area contributed by atoms with E-state index in [4.69, 9.17) is 16.3 Å². The summed E-state index contributed by atoms with van der Waals surface area (Å²) in [5.41, 5.74) is -2.35. The van der Waals surface area contributed by atoms with Gasteiger partial charge in [0.1, 0.15) is 59.9 Å². The molecule has 562 valence electrons. The predicted octanol–water partition coefficient (Wildman–Crippen LogP) is 5.02. The number of nitrogens with zero attached hydrogens (tertiary/aromatic N) is 9. The second kappa shape index (κ2) is 34.5. The van der Waals surface area contributed by atoms with Gasteiger partial charge in [0.2, 0.25) is 70.9 Å². The first-order valence-corrected chi connectivity index (χ1v) is 37.0. The van der Waals surface area contributed by atoms with Gasteiger partial charge in [-0.1, -0.05) is 90.3 Å². The second-order valence-electron chi connectivity index (χ2n) is 29.7. The number of aryl methyl sites for hydroxylation is 1. The van der Waals surface area contributed by atoms with Gasteiger partial charge in [-0.2, -0.15) is 13.2 Å². The lowest BCUT2D eigenvalue weighted by atomic mass is 9.90. The molecule has 0 unspecified atom stereocenters. The summed E-state index contributed by atoms with van der Waals surface area (Å²) in [6, 6.07) is -7.79. The van der Waals surface area contributed by atoms with E-state index < -0.39 is 172 Å². The summed E-state index contributed by atoms with van der Waals surface area (Å²) in [6.07, 6.45) is 2.17. The Balaban J connectivity index is 1.18. The van der Waals surface area contributed by atoms with Crippen molar-refractivity contribution in [3.05, 3.63) is 34.3 Å². The second-order valence-corrected chi connectivity index (χ2v) is 30.1. The van der Waals surface area contributed by atoms with E-state index >= 15 is 33.6 Å². The van der Waals surface area contributed by atoms with Crippen LogP contribution in [-0.4, -0.2) is 263 Å². The van der Waals surface area contributed by atoms with Crippen molar-refractivity contribution >= 4 is 82.5 Å². The fourth-order valence-electron chi connectivity index (χ4n) is 16.3. The largest absolute Gasteiger partial charge is 0.417 e. The van der Waals surface area contributed by atoms with Crippen LogP contribution in [-0.2, 0) is 74.9 Å². The standard InChI is InChI=1S/C72H108ClF3N12O13/c1-12-44(5)58-67(97)81(8)45(6)63(93)88-34-30-53(88)65(95)83(10)59(47-21-14-15-22-47)68(98)80(7)42-56(89)77-51(29-27-46-26-28-49(50(73)40-46)72(74,75)76)64(94)87-33-20-25-52(87)62(92)79-71(31-18-19-32-71)70(100)84(11)60(48-23-16-17-24-48)69(99)82(9)55(66(96)85-35-37-101-38-36-85)41-57(90)86(13-2)54(39-43(3)4)61(91)78-58/h26,28,40,43-45,47-48,51-55,58-60H,12-25,27,29-39,41-42H2,1-11H3,(H,77,89)(H,78,91)(H,79,92)/t44-,45-,51-,52-,53-,54-,55-,58-,59-,60-/m0/s1. The number of likely N-dealkylation sites (N-methyl/N-ethyl adjacent to an activating group) is 6. The smallest absolute Gasteiger partial charge is 0.378 e. The number of nitrogens with one attached hydrogen (secondary N) is 3. The number of fused-ring (bicyclic) bond motifs is 2. The van der Waals surface area contributed by atoms with Gasteiger partial charge in [0.05, 0.1) is 36.8 Å². The molecule has 8 rings (SSSR count). The Labute approximate surface area is 597 Å². The SMILES string of the molecule is CC[C@H](C)[C@@H]1NC(=O)[C@H](CC(C)C)N(CC)C(=O)C[C@@H](C(=O)N2CCOCC2)N(C)C(=O)[C@H](C2CCCC2)N(C)C(=O)C2(CCCC2)NC(=O)[C@@H]2CCCN2C(=O)[C@H](CCc2ccc(C(F)(F)F)c(Cl)c2)NC(=O)CN(C)C(=O)[C@H](C2CCCC2)N(C)C(=O)[C@@H]2CCN2C(=O)[C@H](C)N(C)C1=O. The lowest BCUT2D eigenvalue weighted by Crippen LogP contribution is -2.65. The van der Waals surface area contributed by atoms with Crippen LogP contribution in [0.4, 0.5) is 13.2 Å². The summed E-state index contributed by atoms with van der Waals surface area (Å²) in [6.45, 7) is 10.8. The zero-order valence-electron chi connectivity index (χ0n) is 60.9. The molecule has 7 fully saturated rings. The number of alkyl halides is 3. The van der Waals surface area contributed by atoms with Crippen LogP contribution in [0.5, 0.6) is 0 Å². The third-order valence-electron chi connectivity index (χ3n) is 22.7. The molecule has 10 atom stereocenters. The molecule has 1 aromatic carbocycles. The molecule has 29 heteroatoms. The number of benzene rings is 1. The molecule has 0 radical (unpaired) electrons. The Morgan fingerprint density at radius 3 is 1.82 bits per heavy atom. The van der Waals surface area contributed by atoms with Crippen LogP contribution in [0.15, 0.2) is 18.2 Å². The third-order valence-corrected chi connectivity index (χ3v) is 23.0. The molecule has 4 aliphatic heterocycles. The van der Waals surface area contributed by atoms with Crippen molar-refractivity contribution in [3.8, 4) is 0 Å². The van der Waals surface area contributed by atoms with Crippen molar-refractivity contribution < 1.29 is 75.4 Å². The molecule has 3 N–H and O–H groups in total. The summed E-state index contributed by atoms with van der Waals surface area (Å²) in [4.78, 5) is 193. The highest BCUT2D eigenvalue weighted by Gasteiger charge is 2.53. The van der Waals surface area contributed by atoms with Crippen LogP contribution in [0.3, 0.4) is 0 Å². The molecule has 7 aliphatic rings. The summed E-state index contributed by atoms with van der Waals surface area (Å²) in [7, 11) is 7.25. The fraction of sp³-hybridized carbons (Fsp3) is 0.750. The number of rotatable bonds is 11. The monoisotopic (exact) mass is 1440 g/mol. The maximum Gasteiger partial charge on any atom is 0.417 e. The van der Waals surface area contributed by atoms with Crippen molar-refractivity contribution in [2.24, 2.45) is 23.7 Å². The molecule has 1 spiro atoms. The highest BCUT2D eigenvalue weighted by Crippen LogP contribution is 2.39. The van der Waals surface area contributed by atoms with Crippen LogP contribution in [0, 0.1) is 23.7 Å². The summed E-state index contributed by atoms with van der Waals surface area (Å²) in [5.74, 6) is -8.99. The van der Waals surface area contributed by atoms with E-state index in [1.54, 1.807) is 13.8 Å². The lowest BCUT2D eigenvalue weighted by Gasteiger charge is -2.45. The molecule has 0 bridgehead atoms. The van der Waals surface area contributed by atoms with E-state index in [1.807, 2.05) is 20.8 Å². The molecule has 101 heavy (non-hydrogen) atoms. The number of carbonyl (C=O) groups is 12. The topological polar surface area (TPSA) is 279 Å². The van der Waals surface area contributed by atoms with Gasteiger partial charge in [-0.25, -0.2) is 0 Å². The summed E-state index contributed by atoms with van der Waals surface area (Å²) < 4.78 is 47.3. The average Bonchev–Trinajstić information content (AvgIpc) is 1.58. The van der Waals surface area contributed by atoms with E-state index in [1.165, 1.54) is 87.4 Å². The Bertz CT molecular complexity index is 3210. The third kappa shape index (κ3) is 18.1. The molecule has 3 saturated carbocycles. The van der Waals surface area contributed by atoms with Crippen molar-refractivity contribution in [3.63, 3.8) is 0 Å². The van der Waals surface area contributed by atoms with Crippen LogP contribution in [0.1, 0.15) is 175 Å². The molecule has 12 amide bonds. The Kier molecular flexibility index (Phi) is 27.2. The highest BCUT2D eigenvalue weighted by atomic mass is 35.5. The van der Waals surface area contributed by atoms with E-state index in [2.05, 4.69) is 16.0 Å². The number of amides is 12. The number of carbonyl (C=O) groups excluding carboxylic acids is 12. The van der Waals surface area contributed by atoms with Crippen molar-refractivity contribution in [2.75, 3.05) is 87.7 Å². The Morgan fingerprint density at radius 1 is 0.663 bits per heavy atom. The number of morpholine rings is 1. The number of hydrogen-bond acceptors (Lipinski definition) is 13. The van der Waals surface area contributed by atoms with Crippen molar-refractivity contribution in [1.82, 2.24) is 60.0 Å². The molecule has 0 aromatic heterocycles. The van der Waals surface area contributed by atoms with Crippen LogP contribution in [0.25, 0.3) is 0 Å². The van der Waals surface area contributed by atoms with Crippen LogP contribution in [0.2, 0.25) is 5.02 Å².